The summed E-state index contributed by atoms with van der Waals surface area (Å²) in [7, 11) is 1.95. The van der Waals surface area contributed by atoms with E-state index in [0.717, 1.165) is 6.67 Å². The fourth-order valence-corrected chi connectivity index (χ4v) is 0.523. The minimum absolute atomic E-state index is 0.489. The maximum absolute atomic E-state index is 7.05. The highest BCUT2D eigenvalue weighted by molar-refractivity contribution is 5.90. The molecule has 2 N–H and O–H groups in total. The summed E-state index contributed by atoms with van der Waals surface area (Å²) >= 11 is 0. The minimum atomic E-state index is 0.489. The largest absolute Gasteiger partial charge is 0.363 e. The highest BCUT2D eigenvalue weighted by Gasteiger charge is 1.97. The number of hydrogen-bond donors (Lipinski definition) is 2. The maximum Gasteiger partial charge on any atom is 0.120 e. The zero-order chi connectivity index (χ0) is 5.98. The van der Waals surface area contributed by atoms with Crippen molar-refractivity contribution in [2.45, 2.75) is 0 Å². The Kier molecular flexibility index (Phi) is 1.20. The summed E-state index contributed by atoms with van der Waals surface area (Å²) < 4.78 is 0. The number of hydrogen-bond acceptors (Lipinski definition) is 2. The van der Waals surface area contributed by atoms with Crippen LogP contribution >= 0.6 is 0 Å². The Hall–Kier alpha value is -0.990. The SMILES string of the molecule is CN1C=CC(=N)NC1. The molecule has 1 aliphatic rings. The Morgan fingerprint density at radius 2 is 2.62 bits per heavy atom. The lowest BCUT2D eigenvalue weighted by atomic mass is 10.5. The van der Waals surface area contributed by atoms with Crippen LogP contribution in [0.3, 0.4) is 0 Å². The van der Waals surface area contributed by atoms with E-state index in [4.69, 9.17) is 5.41 Å². The molecular formula is C5H9N3. The van der Waals surface area contributed by atoms with Gasteiger partial charge in [-0.1, -0.05) is 0 Å². The number of nitrogens with one attached hydrogen (secondary N) is 2. The van der Waals surface area contributed by atoms with Gasteiger partial charge in [0.05, 0.1) is 6.67 Å². The molecule has 3 heteroatoms. The third kappa shape index (κ3) is 0.992. The van der Waals surface area contributed by atoms with E-state index in [1.54, 1.807) is 6.08 Å². The third-order valence-corrected chi connectivity index (χ3v) is 1.01. The molecule has 0 aliphatic carbocycles. The lowest BCUT2D eigenvalue weighted by molar-refractivity contribution is 0.437. The van der Waals surface area contributed by atoms with E-state index in [1.165, 1.54) is 0 Å². The fourth-order valence-electron chi connectivity index (χ4n) is 0.523. The van der Waals surface area contributed by atoms with Gasteiger partial charge in [-0.3, -0.25) is 5.41 Å². The van der Waals surface area contributed by atoms with Crippen LogP contribution in [0.4, 0.5) is 0 Å². The molecule has 8 heavy (non-hydrogen) atoms. The lowest BCUT2D eigenvalue weighted by Crippen LogP contribution is -2.35. The quantitative estimate of drug-likeness (QED) is 0.460. The summed E-state index contributed by atoms with van der Waals surface area (Å²) in [6.45, 7) is 0.745. The summed E-state index contributed by atoms with van der Waals surface area (Å²) in [5.74, 6) is 0.489. The number of rotatable bonds is 0. The fraction of sp³-hybridized carbons (Fsp3) is 0.400. The molecule has 0 radical (unpaired) electrons. The van der Waals surface area contributed by atoms with Crippen LogP contribution in [0.25, 0.3) is 0 Å². The van der Waals surface area contributed by atoms with Gasteiger partial charge in [-0.2, -0.15) is 0 Å². The monoisotopic (exact) mass is 111 g/mol. The van der Waals surface area contributed by atoms with Crippen LogP contribution in [-0.2, 0) is 0 Å². The molecule has 0 saturated heterocycles. The topological polar surface area (TPSA) is 39.1 Å². The van der Waals surface area contributed by atoms with Gasteiger partial charge < -0.3 is 10.2 Å². The smallest absolute Gasteiger partial charge is 0.120 e. The standard InChI is InChI=1S/C5H9N3/c1-8-3-2-5(6)7-4-8/h2-3H,4H2,1H3,(H2,6,7). The van der Waals surface area contributed by atoms with Crippen molar-refractivity contribution in [2.24, 2.45) is 0 Å². The summed E-state index contributed by atoms with van der Waals surface area (Å²) in [6.07, 6.45) is 3.60. The summed E-state index contributed by atoms with van der Waals surface area (Å²) in [5.41, 5.74) is 0. The second kappa shape index (κ2) is 1.86. The maximum atomic E-state index is 7.05. The van der Waals surface area contributed by atoms with E-state index < -0.39 is 0 Å². The van der Waals surface area contributed by atoms with Crippen LogP contribution in [0, 0.1) is 5.41 Å². The van der Waals surface area contributed by atoms with Crippen LogP contribution < -0.4 is 5.32 Å². The van der Waals surface area contributed by atoms with Gasteiger partial charge in [0, 0.05) is 13.2 Å². The predicted molar refractivity (Wildman–Crippen MR) is 32.6 cm³/mol. The van der Waals surface area contributed by atoms with Gasteiger partial charge in [0.15, 0.2) is 0 Å². The van der Waals surface area contributed by atoms with Gasteiger partial charge in [-0.25, -0.2) is 0 Å². The van der Waals surface area contributed by atoms with Crippen LogP contribution in [0.1, 0.15) is 0 Å². The predicted octanol–water partition coefficient (Wildman–Crippen LogP) is -0.0301. The van der Waals surface area contributed by atoms with E-state index in [2.05, 4.69) is 5.32 Å². The molecule has 3 nitrogen and oxygen atoms in total. The molecule has 44 valence electrons. The Labute approximate surface area is 48.5 Å². The Bertz CT molecular complexity index is 128. The lowest BCUT2D eigenvalue weighted by Gasteiger charge is -2.19. The van der Waals surface area contributed by atoms with Gasteiger partial charge in [-0.05, 0) is 6.08 Å². The molecule has 0 atom stereocenters. The molecule has 0 fully saturated rings. The highest BCUT2D eigenvalue weighted by atomic mass is 15.2. The van der Waals surface area contributed by atoms with Gasteiger partial charge in [-0.15, -0.1) is 0 Å². The molecule has 1 heterocycles. The van der Waals surface area contributed by atoms with E-state index in [9.17, 15) is 0 Å². The Morgan fingerprint density at radius 3 is 3.00 bits per heavy atom. The van der Waals surface area contributed by atoms with Crippen molar-refractivity contribution in [3.8, 4) is 0 Å². The van der Waals surface area contributed by atoms with Crippen molar-refractivity contribution in [1.82, 2.24) is 10.2 Å². The van der Waals surface area contributed by atoms with Crippen molar-refractivity contribution in [3.05, 3.63) is 12.3 Å². The molecule has 0 aromatic carbocycles. The second-order valence-electron chi connectivity index (χ2n) is 1.82. The van der Waals surface area contributed by atoms with Gasteiger partial charge in [0.25, 0.3) is 0 Å². The number of nitrogens with zero attached hydrogens (tertiary/aromatic N) is 1. The molecule has 0 aromatic heterocycles. The van der Waals surface area contributed by atoms with Gasteiger partial charge >= 0.3 is 0 Å². The highest BCUT2D eigenvalue weighted by Crippen LogP contribution is 1.87. The average molecular weight is 111 g/mol. The zero-order valence-electron chi connectivity index (χ0n) is 4.81. The first-order valence-corrected chi connectivity index (χ1v) is 2.50. The summed E-state index contributed by atoms with van der Waals surface area (Å²) in [5, 5.41) is 9.91. The molecule has 0 amide bonds. The van der Waals surface area contributed by atoms with Crippen molar-refractivity contribution >= 4 is 5.84 Å². The summed E-state index contributed by atoms with van der Waals surface area (Å²) in [4.78, 5) is 1.97. The summed E-state index contributed by atoms with van der Waals surface area (Å²) in [6, 6.07) is 0. The van der Waals surface area contributed by atoms with Gasteiger partial charge in [0.2, 0.25) is 0 Å². The molecule has 1 aliphatic heterocycles. The second-order valence-corrected chi connectivity index (χ2v) is 1.82. The molecule has 0 unspecified atom stereocenters. The van der Waals surface area contributed by atoms with Crippen LogP contribution in [-0.4, -0.2) is 24.5 Å². The van der Waals surface area contributed by atoms with Crippen molar-refractivity contribution in [3.63, 3.8) is 0 Å². The van der Waals surface area contributed by atoms with E-state index in [0.29, 0.717) is 5.84 Å². The van der Waals surface area contributed by atoms with Crippen molar-refractivity contribution in [1.29, 1.82) is 5.41 Å². The van der Waals surface area contributed by atoms with Crippen molar-refractivity contribution in [2.75, 3.05) is 13.7 Å². The normalized spacial score (nSPS) is 18.6. The molecule has 0 bridgehead atoms. The molecular weight excluding hydrogens is 102 g/mol. The Balaban J connectivity index is 2.55. The minimum Gasteiger partial charge on any atom is -0.363 e. The average Bonchev–Trinajstić information content (AvgIpc) is 1.77. The van der Waals surface area contributed by atoms with Crippen LogP contribution in [0.5, 0.6) is 0 Å². The van der Waals surface area contributed by atoms with E-state index in [1.807, 2.05) is 18.1 Å². The van der Waals surface area contributed by atoms with Gasteiger partial charge in [0.1, 0.15) is 5.84 Å². The Morgan fingerprint density at radius 1 is 1.88 bits per heavy atom. The van der Waals surface area contributed by atoms with Crippen molar-refractivity contribution < 1.29 is 0 Å². The molecule has 0 spiro atoms. The number of amidine groups is 1. The van der Waals surface area contributed by atoms with E-state index >= 15 is 0 Å². The van der Waals surface area contributed by atoms with Crippen LogP contribution in [0.2, 0.25) is 0 Å². The zero-order valence-corrected chi connectivity index (χ0v) is 4.81. The first-order valence-electron chi connectivity index (χ1n) is 2.50. The molecule has 0 saturated carbocycles. The molecule has 0 aromatic rings. The first kappa shape index (κ1) is 5.15. The van der Waals surface area contributed by atoms with Crippen LogP contribution in [0.15, 0.2) is 12.3 Å². The van der Waals surface area contributed by atoms with E-state index in [-0.39, 0.29) is 0 Å². The third-order valence-electron chi connectivity index (χ3n) is 1.01. The first-order chi connectivity index (χ1) is 3.79. The molecule has 1 rings (SSSR count).